The van der Waals surface area contributed by atoms with Crippen LogP contribution >= 0.6 is 0 Å². The van der Waals surface area contributed by atoms with Gasteiger partial charge in [0.15, 0.2) is 0 Å². The first-order valence-electron chi connectivity index (χ1n) is 5.14. The van der Waals surface area contributed by atoms with E-state index in [0.717, 1.165) is 28.4 Å². The van der Waals surface area contributed by atoms with E-state index >= 15 is 0 Å². The van der Waals surface area contributed by atoms with Crippen LogP contribution in [0.25, 0.3) is 10.9 Å². The molecule has 2 aromatic rings. The maximum absolute atomic E-state index is 11.4. The Balaban J connectivity index is 2.32. The third kappa shape index (κ3) is 1.16. The first kappa shape index (κ1) is 9.15. The van der Waals surface area contributed by atoms with Crippen molar-refractivity contribution in [3.05, 3.63) is 30.0 Å². The number of rotatable bonds is 2. The smallest absolute Gasteiger partial charge is 0.228 e. The lowest BCUT2D eigenvalue weighted by molar-refractivity contribution is -0.115. The van der Waals surface area contributed by atoms with E-state index in [9.17, 15) is 9.59 Å². The number of aromatic nitrogens is 1. The molecule has 0 fully saturated rings. The van der Waals surface area contributed by atoms with Crippen molar-refractivity contribution in [3.63, 3.8) is 0 Å². The van der Waals surface area contributed by atoms with E-state index in [4.69, 9.17) is 0 Å². The van der Waals surface area contributed by atoms with Crippen molar-refractivity contribution in [2.75, 3.05) is 5.32 Å². The maximum atomic E-state index is 11.4. The number of nitrogens with zero attached hydrogens (tertiary/aromatic N) is 1. The number of carbonyl (C=O) groups excluding carboxylic acids is 2. The summed E-state index contributed by atoms with van der Waals surface area (Å²) in [6.45, 7) is 0.328. The van der Waals surface area contributed by atoms with Gasteiger partial charge in [-0.2, -0.15) is 0 Å². The van der Waals surface area contributed by atoms with E-state index in [-0.39, 0.29) is 5.91 Å². The summed E-state index contributed by atoms with van der Waals surface area (Å²) in [4.78, 5) is 22.0. The molecule has 1 N–H and O–H groups in total. The van der Waals surface area contributed by atoms with Gasteiger partial charge in [-0.15, -0.1) is 0 Å². The Morgan fingerprint density at radius 1 is 1.44 bits per heavy atom. The summed E-state index contributed by atoms with van der Waals surface area (Å²) in [7, 11) is 0. The Bertz CT molecular complexity index is 598. The first-order chi connectivity index (χ1) is 7.79. The molecule has 0 spiro atoms. The molecule has 3 rings (SSSR count). The summed E-state index contributed by atoms with van der Waals surface area (Å²) in [6.07, 6.45) is 3.14. The van der Waals surface area contributed by atoms with Crippen LogP contribution in [0, 0.1) is 0 Å². The number of carbonyl (C=O) groups is 2. The molecule has 1 aliphatic heterocycles. The van der Waals surface area contributed by atoms with Crippen LogP contribution in [0.5, 0.6) is 0 Å². The van der Waals surface area contributed by atoms with E-state index < -0.39 is 0 Å². The number of nitrogens with one attached hydrogen (secondary N) is 1. The van der Waals surface area contributed by atoms with Crippen molar-refractivity contribution < 1.29 is 9.59 Å². The number of hydrogen-bond acceptors (Lipinski definition) is 2. The normalized spacial score (nSPS) is 13.9. The van der Waals surface area contributed by atoms with E-state index in [0.29, 0.717) is 13.0 Å². The van der Waals surface area contributed by atoms with Crippen molar-refractivity contribution in [3.8, 4) is 0 Å². The molecule has 1 aromatic heterocycles. The molecule has 0 saturated carbocycles. The van der Waals surface area contributed by atoms with Gasteiger partial charge in [0.1, 0.15) is 6.29 Å². The van der Waals surface area contributed by atoms with Crippen LogP contribution in [0.3, 0.4) is 0 Å². The molecule has 0 unspecified atom stereocenters. The zero-order valence-corrected chi connectivity index (χ0v) is 8.56. The summed E-state index contributed by atoms with van der Waals surface area (Å²) < 4.78 is 1.88. The fourth-order valence-electron chi connectivity index (χ4n) is 2.28. The predicted octanol–water partition coefficient (Wildman–Crippen LogP) is 1.33. The third-order valence-corrected chi connectivity index (χ3v) is 2.88. The summed E-state index contributed by atoms with van der Waals surface area (Å²) in [5, 5.41) is 3.90. The SMILES string of the molecule is O=CCn1cc2c3c(cccc31)NC(=O)C2. The zero-order valence-electron chi connectivity index (χ0n) is 8.56. The van der Waals surface area contributed by atoms with Crippen molar-refractivity contribution in [2.24, 2.45) is 0 Å². The summed E-state index contributed by atoms with van der Waals surface area (Å²) in [5.41, 5.74) is 2.84. The molecule has 4 nitrogen and oxygen atoms in total. The average molecular weight is 214 g/mol. The summed E-state index contributed by atoms with van der Waals surface area (Å²) >= 11 is 0. The van der Waals surface area contributed by atoms with Crippen LogP contribution in [0.15, 0.2) is 24.4 Å². The molecule has 80 valence electrons. The second kappa shape index (κ2) is 3.20. The van der Waals surface area contributed by atoms with E-state index in [1.165, 1.54) is 0 Å². The third-order valence-electron chi connectivity index (χ3n) is 2.88. The molecule has 1 aliphatic rings. The van der Waals surface area contributed by atoms with Crippen molar-refractivity contribution in [2.45, 2.75) is 13.0 Å². The maximum Gasteiger partial charge on any atom is 0.228 e. The molecule has 0 atom stereocenters. The molecule has 16 heavy (non-hydrogen) atoms. The van der Waals surface area contributed by atoms with Gasteiger partial charge in [0, 0.05) is 11.6 Å². The number of amides is 1. The highest BCUT2D eigenvalue weighted by Crippen LogP contribution is 2.32. The van der Waals surface area contributed by atoms with Crippen LogP contribution in [-0.4, -0.2) is 16.8 Å². The van der Waals surface area contributed by atoms with Crippen LogP contribution in [0.1, 0.15) is 5.56 Å². The first-order valence-corrected chi connectivity index (χ1v) is 5.14. The largest absolute Gasteiger partial charge is 0.340 e. The Morgan fingerprint density at radius 3 is 3.12 bits per heavy atom. The average Bonchev–Trinajstić information content (AvgIpc) is 2.59. The predicted molar refractivity (Wildman–Crippen MR) is 60.3 cm³/mol. The zero-order chi connectivity index (χ0) is 11.1. The molecule has 4 heteroatoms. The molecule has 2 heterocycles. The lowest BCUT2D eigenvalue weighted by atomic mass is 10.0. The van der Waals surface area contributed by atoms with Crippen LogP contribution < -0.4 is 5.32 Å². The fourth-order valence-corrected chi connectivity index (χ4v) is 2.28. The van der Waals surface area contributed by atoms with Gasteiger partial charge in [-0.05, 0) is 17.7 Å². The van der Waals surface area contributed by atoms with Gasteiger partial charge in [-0.3, -0.25) is 4.79 Å². The number of benzene rings is 1. The molecule has 0 radical (unpaired) electrons. The molecule has 1 amide bonds. The highest BCUT2D eigenvalue weighted by atomic mass is 16.1. The van der Waals surface area contributed by atoms with Crippen LogP contribution in [-0.2, 0) is 22.6 Å². The van der Waals surface area contributed by atoms with E-state index in [2.05, 4.69) is 5.32 Å². The lowest BCUT2D eigenvalue weighted by Crippen LogP contribution is -2.18. The van der Waals surface area contributed by atoms with Gasteiger partial charge in [0.25, 0.3) is 0 Å². The Morgan fingerprint density at radius 2 is 2.31 bits per heavy atom. The lowest BCUT2D eigenvalue weighted by Gasteiger charge is -2.12. The molecule has 0 saturated heterocycles. The minimum absolute atomic E-state index is 0.00357. The molecular formula is C12H10N2O2. The minimum Gasteiger partial charge on any atom is -0.340 e. The van der Waals surface area contributed by atoms with E-state index in [1.807, 2.05) is 29.0 Å². The second-order valence-corrected chi connectivity index (χ2v) is 3.90. The van der Waals surface area contributed by atoms with Crippen molar-refractivity contribution in [1.82, 2.24) is 4.57 Å². The molecule has 0 aliphatic carbocycles. The highest BCUT2D eigenvalue weighted by molar-refractivity contribution is 6.09. The topological polar surface area (TPSA) is 51.1 Å². The number of anilines is 1. The standard InChI is InChI=1S/C12H10N2O2/c15-5-4-14-7-8-6-11(16)13-9-2-1-3-10(14)12(8)9/h1-3,5,7H,4,6H2,(H,13,16). The van der Waals surface area contributed by atoms with Crippen molar-refractivity contribution >= 4 is 28.8 Å². The van der Waals surface area contributed by atoms with Gasteiger partial charge in [-0.1, -0.05) is 6.07 Å². The van der Waals surface area contributed by atoms with Crippen LogP contribution in [0.4, 0.5) is 5.69 Å². The number of aldehydes is 1. The molecular weight excluding hydrogens is 204 g/mol. The van der Waals surface area contributed by atoms with Gasteiger partial charge >= 0.3 is 0 Å². The fraction of sp³-hybridized carbons (Fsp3) is 0.167. The monoisotopic (exact) mass is 214 g/mol. The molecule has 0 bridgehead atoms. The quantitative estimate of drug-likeness (QED) is 0.767. The second-order valence-electron chi connectivity index (χ2n) is 3.90. The van der Waals surface area contributed by atoms with Gasteiger partial charge in [0.2, 0.25) is 5.91 Å². The van der Waals surface area contributed by atoms with Gasteiger partial charge < -0.3 is 14.7 Å². The Labute approximate surface area is 91.9 Å². The Kier molecular flexibility index (Phi) is 1.83. The molecule has 1 aromatic carbocycles. The van der Waals surface area contributed by atoms with Gasteiger partial charge in [0.05, 0.1) is 24.2 Å². The highest BCUT2D eigenvalue weighted by Gasteiger charge is 2.20. The van der Waals surface area contributed by atoms with E-state index in [1.54, 1.807) is 0 Å². The summed E-state index contributed by atoms with van der Waals surface area (Å²) in [6, 6.07) is 5.73. The van der Waals surface area contributed by atoms with Crippen molar-refractivity contribution in [1.29, 1.82) is 0 Å². The van der Waals surface area contributed by atoms with Crippen LogP contribution in [0.2, 0.25) is 0 Å². The minimum atomic E-state index is 0.00357. The van der Waals surface area contributed by atoms with Gasteiger partial charge in [-0.25, -0.2) is 0 Å². The Hall–Kier alpha value is -2.10. The summed E-state index contributed by atoms with van der Waals surface area (Å²) in [5.74, 6) is 0.00357. The number of hydrogen-bond donors (Lipinski definition) is 1.